The van der Waals surface area contributed by atoms with Crippen molar-refractivity contribution in [1.82, 2.24) is 0 Å². The number of carbonyl (C=O) groups excluding carboxylic acids is 6. The van der Waals surface area contributed by atoms with Crippen molar-refractivity contribution < 1.29 is 76.1 Å². The van der Waals surface area contributed by atoms with Crippen molar-refractivity contribution in [3.05, 3.63) is 145 Å². The van der Waals surface area contributed by atoms with Crippen LogP contribution >= 0.6 is 0 Å². The summed E-state index contributed by atoms with van der Waals surface area (Å²) in [7, 11) is 0. The SMILES string of the molecule is C=CC(=O)OCCCCCCOc1ccc(C(=O)Oc2ccc(C(=O)O[C@H]3COC4C3OC[C@H]4OC(=O)c3ccc(OC(=O)c4ccc(OCCCCCCOC(=O)C=C)cc4)cc3)cc2)cc1. The van der Waals surface area contributed by atoms with E-state index in [1.54, 1.807) is 48.5 Å². The molecule has 0 radical (unpaired) electrons. The van der Waals surface area contributed by atoms with E-state index in [2.05, 4.69) is 13.2 Å². The Morgan fingerprint density at radius 2 is 0.735 bits per heavy atom. The number of benzene rings is 4. The van der Waals surface area contributed by atoms with E-state index in [0.29, 0.717) is 49.1 Å². The number of hydrogen-bond donors (Lipinski definition) is 0. The van der Waals surface area contributed by atoms with E-state index < -0.39 is 60.2 Å². The molecule has 2 unspecified atom stereocenters. The summed E-state index contributed by atoms with van der Waals surface area (Å²) >= 11 is 0. The summed E-state index contributed by atoms with van der Waals surface area (Å²) in [5.74, 6) is -1.61. The predicted molar refractivity (Wildman–Crippen MR) is 244 cm³/mol. The highest BCUT2D eigenvalue weighted by Crippen LogP contribution is 2.32. The Bertz CT molecular complexity index is 2160. The van der Waals surface area contributed by atoms with Crippen LogP contribution < -0.4 is 18.9 Å². The van der Waals surface area contributed by atoms with E-state index in [1.807, 2.05) is 0 Å². The molecule has 0 aromatic heterocycles. The molecule has 2 saturated heterocycles. The molecule has 2 fully saturated rings. The first-order valence-electron chi connectivity index (χ1n) is 22.4. The molecule has 2 aliphatic heterocycles. The van der Waals surface area contributed by atoms with Crippen LogP contribution in [0.5, 0.6) is 23.0 Å². The van der Waals surface area contributed by atoms with Crippen molar-refractivity contribution in [2.45, 2.75) is 75.8 Å². The van der Waals surface area contributed by atoms with Gasteiger partial charge in [-0.2, -0.15) is 0 Å². The third-order valence-corrected chi connectivity index (χ3v) is 10.7. The smallest absolute Gasteiger partial charge is 0.343 e. The van der Waals surface area contributed by atoms with E-state index >= 15 is 0 Å². The molecule has 16 nitrogen and oxygen atoms in total. The highest BCUT2D eigenvalue weighted by molar-refractivity contribution is 5.93. The second-order valence-corrected chi connectivity index (χ2v) is 15.6. The maximum atomic E-state index is 13.1. The first-order chi connectivity index (χ1) is 33.1. The van der Waals surface area contributed by atoms with E-state index in [-0.39, 0.29) is 35.8 Å². The topological polar surface area (TPSA) is 195 Å². The second kappa shape index (κ2) is 26.1. The molecule has 16 heteroatoms. The molecule has 2 aliphatic rings. The molecule has 2 heterocycles. The molecular formula is C52H54O16. The third kappa shape index (κ3) is 15.4. The van der Waals surface area contributed by atoms with Gasteiger partial charge < -0.3 is 47.4 Å². The zero-order valence-corrected chi connectivity index (χ0v) is 37.5. The van der Waals surface area contributed by atoms with Gasteiger partial charge in [0.05, 0.1) is 61.9 Å². The monoisotopic (exact) mass is 934 g/mol. The van der Waals surface area contributed by atoms with Crippen molar-refractivity contribution in [2.24, 2.45) is 0 Å². The van der Waals surface area contributed by atoms with E-state index in [1.165, 1.54) is 48.5 Å². The van der Waals surface area contributed by atoms with Crippen molar-refractivity contribution in [3.8, 4) is 23.0 Å². The lowest BCUT2D eigenvalue weighted by molar-refractivity contribution is -0.138. The highest BCUT2D eigenvalue weighted by Gasteiger charge is 2.51. The molecule has 0 saturated carbocycles. The second-order valence-electron chi connectivity index (χ2n) is 15.6. The fourth-order valence-electron chi connectivity index (χ4n) is 7.03. The number of esters is 6. The van der Waals surface area contributed by atoms with Gasteiger partial charge in [0.25, 0.3) is 0 Å². The summed E-state index contributed by atoms with van der Waals surface area (Å²) in [4.78, 5) is 73.9. The lowest BCUT2D eigenvalue weighted by Gasteiger charge is -2.17. The maximum absolute atomic E-state index is 13.1. The molecule has 0 N–H and O–H groups in total. The molecule has 358 valence electrons. The molecule has 68 heavy (non-hydrogen) atoms. The molecule has 6 rings (SSSR count). The number of unbranched alkanes of at least 4 members (excludes halogenated alkanes) is 6. The Morgan fingerprint density at radius 1 is 0.426 bits per heavy atom. The third-order valence-electron chi connectivity index (χ3n) is 10.7. The molecule has 0 bridgehead atoms. The highest BCUT2D eigenvalue weighted by atomic mass is 16.7. The van der Waals surface area contributed by atoms with Gasteiger partial charge >= 0.3 is 35.8 Å². The van der Waals surface area contributed by atoms with Crippen LogP contribution in [-0.4, -0.2) is 99.9 Å². The molecule has 0 spiro atoms. The molecule has 4 aromatic rings. The Hall–Kier alpha value is -7.30. The summed E-state index contributed by atoms with van der Waals surface area (Å²) in [5, 5.41) is 0. The molecule has 4 atom stereocenters. The van der Waals surface area contributed by atoms with E-state index in [4.69, 9.17) is 47.4 Å². The summed E-state index contributed by atoms with van der Waals surface area (Å²) < 4.78 is 55.6. The first-order valence-corrected chi connectivity index (χ1v) is 22.4. The number of ether oxygens (including phenoxy) is 10. The van der Waals surface area contributed by atoms with Gasteiger partial charge in [0.1, 0.15) is 35.2 Å². The van der Waals surface area contributed by atoms with Crippen LogP contribution in [0, 0.1) is 0 Å². The minimum Gasteiger partial charge on any atom is -0.494 e. The normalized spacial score (nSPS) is 16.9. The lowest BCUT2D eigenvalue weighted by atomic mass is 10.1. The summed E-state index contributed by atoms with van der Waals surface area (Å²) in [5.41, 5.74) is 1.06. The summed E-state index contributed by atoms with van der Waals surface area (Å²) in [6, 6.07) is 25.0. The quantitative estimate of drug-likeness (QED) is 0.0193. The van der Waals surface area contributed by atoms with Gasteiger partial charge in [-0.15, -0.1) is 0 Å². The minimum atomic E-state index is -0.761. The number of hydrogen-bond acceptors (Lipinski definition) is 16. The first kappa shape index (κ1) is 50.1. The predicted octanol–water partition coefficient (Wildman–Crippen LogP) is 8.01. The average molecular weight is 935 g/mol. The van der Waals surface area contributed by atoms with Gasteiger partial charge in [-0.1, -0.05) is 13.2 Å². The molecule has 0 amide bonds. The van der Waals surface area contributed by atoms with Gasteiger partial charge in [0, 0.05) is 12.2 Å². The van der Waals surface area contributed by atoms with Crippen LogP contribution in [0.15, 0.2) is 122 Å². The summed E-state index contributed by atoms with van der Waals surface area (Å²) in [6.45, 7) is 8.52. The fourth-order valence-corrected chi connectivity index (χ4v) is 7.03. The van der Waals surface area contributed by atoms with Crippen molar-refractivity contribution >= 4 is 35.8 Å². The largest absolute Gasteiger partial charge is 0.494 e. The van der Waals surface area contributed by atoms with Crippen LogP contribution in [0.3, 0.4) is 0 Å². The van der Waals surface area contributed by atoms with Crippen LogP contribution in [-0.2, 0) is 38.0 Å². The molecular weight excluding hydrogens is 881 g/mol. The molecule has 0 aliphatic carbocycles. The van der Waals surface area contributed by atoms with Crippen molar-refractivity contribution in [2.75, 3.05) is 39.6 Å². The fraction of sp³-hybridized carbons (Fsp3) is 0.346. The van der Waals surface area contributed by atoms with Crippen LogP contribution in [0.1, 0.15) is 92.8 Å². The van der Waals surface area contributed by atoms with Gasteiger partial charge in [-0.3, -0.25) is 0 Å². The van der Waals surface area contributed by atoms with E-state index in [0.717, 1.165) is 63.5 Å². The number of rotatable bonds is 26. The van der Waals surface area contributed by atoms with E-state index in [9.17, 15) is 28.8 Å². The Morgan fingerprint density at radius 3 is 1.07 bits per heavy atom. The zero-order chi connectivity index (χ0) is 48.1. The maximum Gasteiger partial charge on any atom is 0.343 e. The minimum absolute atomic E-state index is 0.0280. The van der Waals surface area contributed by atoms with Crippen molar-refractivity contribution in [3.63, 3.8) is 0 Å². The van der Waals surface area contributed by atoms with Crippen molar-refractivity contribution in [1.29, 1.82) is 0 Å². The van der Waals surface area contributed by atoms with Gasteiger partial charge in [-0.05, 0) is 148 Å². The zero-order valence-electron chi connectivity index (χ0n) is 37.5. The van der Waals surface area contributed by atoms with Gasteiger partial charge in [-0.25, -0.2) is 28.8 Å². The van der Waals surface area contributed by atoms with Crippen LogP contribution in [0.2, 0.25) is 0 Å². The van der Waals surface area contributed by atoms with Crippen LogP contribution in [0.4, 0.5) is 0 Å². The Balaban J connectivity index is 0.862. The Kier molecular flexibility index (Phi) is 19.3. The van der Waals surface area contributed by atoms with Crippen LogP contribution in [0.25, 0.3) is 0 Å². The van der Waals surface area contributed by atoms with Gasteiger partial charge in [0.2, 0.25) is 0 Å². The lowest BCUT2D eigenvalue weighted by Crippen LogP contribution is -2.36. The van der Waals surface area contributed by atoms with Gasteiger partial charge in [0.15, 0.2) is 12.2 Å². The Labute approximate surface area is 394 Å². The standard InChI is InChI=1S/C52H54O16/c1-3-45(53)61-31-11-7-5-9-29-59-39-21-13-35(14-22-39)49(55)65-41-25-17-37(18-26-41)51(57)67-43-33-63-48-44(34-64-47(43)48)68-52(58)38-19-27-42(28-20-38)66-50(56)36-15-23-40(24-16-36)60-30-10-6-8-12-32-62-46(54)4-2/h3-4,13-28,43-44,47-48H,1-2,5-12,29-34H2/t43-,44+,47?,48?. The number of fused-ring (bicyclic) bond motifs is 1. The summed E-state index contributed by atoms with van der Waals surface area (Å²) in [6.07, 6.45) is 6.26. The number of carbonyl (C=O) groups is 6. The average Bonchev–Trinajstić information content (AvgIpc) is 3.96. The molecule has 4 aromatic carbocycles.